The lowest BCUT2D eigenvalue weighted by Gasteiger charge is -2.11. The summed E-state index contributed by atoms with van der Waals surface area (Å²) in [4.78, 5) is 10.3. The highest BCUT2D eigenvalue weighted by Crippen LogP contribution is 2.11. The van der Waals surface area contributed by atoms with E-state index in [1.54, 1.807) is 0 Å². The van der Waals surface area contributed by atoms with Crippen molar-refractivity contribution in [2.45, 2.75) is 57.8 Å². The van der Waals surface area contributed by atoms with E-state index in [-0.39, 0.29) is 6.42 Å². The Morgan fingerprint density at radius 2 is 1.70 bits per heavy atom. The predicted octanol–water partition coefficient (Wildman–Crippen LogP) is 3.34. The second kappa shape index (κ2) is 10.4. The predicted molar refractivity (Wildman–Crippen MR) is 77.2 cm³/mol. The minimum atomic E-state index is -0.727. The summed E-state index contributed by atoms with van der Waals surface area (Å²) in [7, 11) is 0. The van der Waals surface area contributed by atoms with Crippen LogP contribution in [0.15, 0.2) is 30.3 Å². The number of aliphatic hydroxyl groups excluding tert-OH is 1. The molecule has 0 saturated heterocycles. The molecule has 0 aromatic heterocycles. The highest BCUT2D eigenvalue weighted by atomic mass is 16.6. The second-order valence-corrected chi connectivity index (χ2v) is 4.95. The van der Waals surface area contributed by atoms with E-state index in [9.17, 15) is 9.90 Å². The molecule has 20 heavy (non-hydrogen) atoms. The van der Waals surface area contributed by atoms with Crippen LogP contribution in [0.2, 0.25) is 0 Å². The summed E-state index contributed by atoms with van der Waals surface area (Å²) in [5.41, 5.74) is 1.06. The number of aliphatic carboxylic acids is 1. The van der Waals surface area contributed by atoms with Crippen molar-refractivity contribution in [3.63, 3.8) is 0 Å². The molecule has 2 N–H and O–H groups in total. The Bertz CT molecular complexity index is 364. The molecule has 0 aliphatic heterocycles. The van der Waals surface area contributed by atoms with Crippen LogP contribution in [0.4, 0.5) is 0 Å². The smallest absolute Gasteiger partial charge is 0.303 e. The molecule has 0 aliphatic rings. The van der Waals surface area contributed by atoms with Gasteiger partial charge >= 0.3 is 5.97 Å². The monoisotopic (exact) mass is 280 g/mol. The van der Waals surface area contributed by atoms with Gasteiger partial charge in [0.2, 0.25) is 0 Å². The first-order valence-corrected chi connectivity index (χ1v) is 7.24. The Morgan fingerprint density at radius 1 is 1.05 bits per heavy atom. The van der Waals surface area contributed by atoms with E-state index in [0.29, 0.717) is 13.0 Å². The topological polar surface area (TPSA) is 66.8 Å². The minimum absolute atomic E-state index is 0.253. The van der Waals surface area contributed by atoms with Crippen LogP contribution in [0.5, 0.6) is 0 Å². The molecule has 1 aromatic carbocycles. The van der Waals surface area contributed by atoms with E-state index in [4.69, 9.17) is 9.84 Å². The van der Waals surface area contributed by atoms with Gasteiger partial charge in [-0.3, -0.25) is 4.79 Å². The van der Waals surface area contributed by atoms with Crippen molar-refractivity contribution in [2.75, 3.05) is 0 Å². The molecular weight excluding hydrogens is 256 g/mol. The Morgan fingerprint density at radius 3 is 2.40 bits per heavy atom. The van der Waals surface area contributed by atoms with Crippen LogP contribution in [-0.4, -0.2) is 22.5 Å². The van der Waals surface area contributed by atoms with Crippen LogP contribution >= 0.6 is 0 Å². The van der Waals surface area contributed by atoms with Gasteiger partial charge in [-0.2, -0.15) is 0 Å². The van der Waals surface area contributed by atoms with E-state index >= 15 is 0 Å². The largest absolute Gasteiger partial charge is 0.481 e. The van der Waals surface area contributed by atoms with Gasteiger partial charge in [0.15, 0.2) is 6.29 Å². The third kappa shape index (κ3) is 8.67. The third-order valence-corrected chi connectivity index (χ3v) is 3.13. The van der Waals surface area contributed by atoms with Crippen LogP contribution in [0.1, 0.15) is 50.5 Å². The number of rotatable bonds is 11. The molecule has 1 rings (SSSR count). The first-order valence-electron chi connectivity index (χ1n) is 7.24. The fraction of sp³-hybridized carbons (Fsp3) is 0.562. The normalized spacial score (nSPS) is 12.2. The average Bonchev–Trinajstić information content (AvgIpc) is 2.45. The number of hydrogen-bond acceptors (Lipinski definition) is 3. The first-order chi connectivity index (χ1) is 9.68. The zero-order valence-electron chi connectivity index (χ0n) is 11.8. The molecule has 0 amide bonds. The molecule has 1 unspecified atom stereocenters. The molecule has 1 aromatic rings. The van der Waals surface area contributed by atoms with E-state index in [1.165, 1.54) is 0 Å². The number of aliphatic hydroxyl groups is 1. The maximum atomic E-state index is 10.3. The van der Waals surface area contributed by atoms with Gasteiger partial charge in [-0.1, -0.05) is 49.6 Å². The number of benzene rings is 1. The van der Waals surface area contributed by atoms with Gasteiger partial charge in [0.25, 0.3) is 0 Å². The Balaban J connectivity index is 1.95. The number of carboxylic acids is 1. The third-order valence-electron chi connectivity index (χ3n) is 3.13. The first kappa shape index (κ1) is 16.7. The van der Waals surface area contributed by atoms with Crippen molar-refractivity contribution in [2.24, 2.45) is 0 Å². The summed E-state index contributed by atoms with van der Waals surface area (Å²) < 4.78 is 5.37. The zero-order chi connectivity index (χ0) is 14.6. The lowest BCUT2D eigenvalue weighted by molar-refractivity contribution is -0.137. The van der Waals surface area contributed by atoms with Gasteiger partial charge in [0.1, 0.15) is 0 Å². The molecule has 112 valence electrons. The molecule has 0 aliphatic carbocycles. The molecule has 0 bridgehead atoms. The van der Waals surface area contributed by atoms with Gasteiger partial charge in [0.05, 0.1) is 6.61 Å². The molecule has 0 radical (unpaired) electrons. The summed E-state index contributed by atoms with van der Waals surface area (Å²) in [5, 5.41) is 18.2. The van der Waals surface area contributed by atoms with Crippen molar-refractivity contribution < 1.29 is 19.7 Å². The summed E-state index contributed by atoms with van der Waals surface area (Å²) in [5.74, 6) is -0.727. The van der Waals surface area contributed by atoms with Crippen LogP contribution < -0.4 is 0 Å². The molecule has 0 saturated carbocycles. The van der Waals surface area contributed by atoms with Gasteiger partial charge in [-0.15, -0.1) is 0 Å². The fourth-order valence-electron chi connectivity index (χ4n) is 1.98. The molecule has 1 atom stereocenters. The van der Waals surface area contributed by atoms with Gasteiger partial charge < -0.3 is 14.9 Å². The molecule has 0 fully saturated rings. The van der Waals surface area contributed by atoms with Crippen molar-refractivity contribution in [3.8, 4) is 0 Å². The Labute approximate surface area is 120 Å². The van der Waals surface area contributed by atoms with E-state index in [2.05, 4.69) is 0 Å². The standard InChI is InChI=1S/C16H24O4/c17-15(18)11-7-2-1-3-8-12-16(19)20-13-14-9-5-4-6-10-14/h4-6,9-10,16,19H,1-3,7-8,11-13H2,(H,17,18). The Kier molecular flexibility index (Phi) is 8.67. The lowest BCUT2D eigenvalue weighted by Crippen LogP contribution is -2.11. The molecule has 4 heteroatoms. The zero-order valence-corrected chi connectivity index (χ0v) is 11.8. The van der Waals surface area contributed by atoms with Crippen LogP contribution in [0.3, 0.4) is 0 Å². The molecule has 0 spiro atoms. The number of hydrogen-bond donors (Lipinski definition) is 2. The maximum Gasteiger partial charge on any atom is 0.303 e. The second-order valence-electron chi connectivity index (χ2n) is 4.95. The number of unbranched alkanes of at least 4 members (excludes halogenated alkanes) is 4. The van der Waals surface area contributed by atoms with Crippen molar-refractivity contribution in [3.05, 3.63) is 35.9 Å². The van der Waals surface area contributed by atoms with Crippen molar-refractivity contribution >= 4 is 5.97 Å². The molecule has 0 heterocycles. The van der Waals surface area contributed by atoms with Crippen LogP contribution in [0, 0.1) is 0 Å². The number of ether oxygens (including phenoxy) is 1. The highest BCUT2D eigenvalue weighted by Gasteiger charge is 2.04. The summed E-state index contributed by atoms with van der Waals surface area (Å²) in [6.45, 7) is 0.431. The van der Waals surface area contributed by atoms with Crippen molar-refractivity contribution in [1.82, 2.24) is 0 Å². The molecule has 4 nitrogen and oxygen atoms in total. The van der Waals surface area contributed by atoms with E-state index < -0.39 is 12.3 Å². The summed E-state index contributed by atoms with van der Waals surface area (Å²) >= 11 is 0. The SMILES string of the molecule is O=C(O)CCCCCCCC(O)OCc1ccccc1. The fourth-order valence-corrected chi connectivity index (χ4v) is 1.98. The Hall–Kier alpha value is -1.39. The average molecular weight is 280 g/mol. The molecular formula is C16H24O4. The van der Waals surface area contributed by atoms with Gasteiger partial charge in [-0.05, 0) is 24.8 Å². The van der Waals surface area contributed by atoms with Gasteiger partial charge in [0, 0.05) is 6.42 Å². The maximum absolute atomic E-state index is 10.3. The number of carboxylic acid groups (broad SMARTS) is 1. The van der Waals surface area contributed by atoms with Crippen LogP contribution in [-0.2, 0) is 16.1 Å². The minimum Gasteiger partial charge on any atom is -0.481 e. The van der Waals surface area contributed by atoms with Crippen LogP contribution in [0.25, 0.3) is 0 Å². The number of carbonyl (C=O) groups is 1. The highest BCUT2D eigenvalue weighted by molar-refractivity contribution is 5.66. The van der Waals surface area contributed by atoms with E-state index in [1.807, 2.05) is 30.3 Å². The quantitative estimate of drug-likeness (QED) is 0.482. The summed E-state index contributed by atoms with van der Waals surface area (Å²) in [6, 6.07) is 9.78. The van der Waals surface area contributed by atoms with Crippen molar-refractivity contribution in [1.29, 1.82) is 0 Å². The lowest BCUT2D eigenvalue weighted by atomic mass is 10.1. The van der Waals surface area contributed by atoms with E-state index in [0.717, 1.165) is 37.7 Å². The summed E-state index contributed by atoms with van der Waals surface area (Å²) in [6.07, 6.45) is 4.77. The van der Waals surface area contributed by atoms with Gasteiger partial charge in [-0.25, -0.2) is 0 Å².